The van der Waals surface area contributed by atoms with Gasteiger partial charge in [-0.2, -0.15) is 0 Å². The molecule has 0 atom stereocenters. The Labute approximate surface area is 115 Å². The Kier molecular flexibility index (Phi) is 4.94. The molecule has 0 saturated carbocycles. The van der Waals surface area contributed by atoms with Gasteiger partial charge in [0.15, 0.2) is 0 Å². The van der Waals surface area contributed by atoms with Crippen molar-refractivity contribution in [3.8, 4) is 12.3 Å². The summed E-state index contributed by atoms with van der Waals surface area (Å²) in [5.74, 6) is 2.67. The molecule has 2 rings (SSSR count). The van der Waals surface area contributed by atoms with Crippen LogP contribution < -0.4 is 5.32 Å². The van der Waals surface area contributed by atoms with E-state index < -0.39 is 0 Å². The van der Waals surface area contributed by atoms with E-state index in [2.05, 4.69) is 40.5 Å². The molecule has 2 heteroatoms. The molecule has 0 amide bonds. The van der Waals surface area contributed by atoms with Crippen LogP contribution in [0, 0.1) is 19.3 Å². The topological polar surface area (TPSA) is 24.9 Å². The van der Waals surface area contributed by atoms with Gasteiger partial charge < -0.3 is 5.32 Å². The number of benzene rings is 1. The second-order valence-corrected chi connectivity index (χ2v) is 4.78. The maximum atomic E-state index is 5.24. The van der Waals surface area contributed by atoms with E-state index in [-0.39, 0.29) is 0 Å². The molecular weight excluding hydrogens is 232 g/mol. The smallest absolute Gasteiger partial charge is 0.0708 e. The van der Waals surface area contributed by atoms with Crippen molar-refractivity contribution in [3.63, 3.8) is 0 Å². The molecule has 0 saturated heterocycles. The average molecular weight is 252 g/mol. The molecule has 0 aliphatic heterocycles. The van der Waals surface area contributed by atoms with E-state index in [1.165, 1.54) is 10.9 Å². The Hall–Kier alpha value is -1.85. The van der Waals surface area contributed by atoms with Crippen molar-refractivity contribution in [2.24, 2.45) is 0 Å². The molecule has 1 aromatic carbocycles. The van der Waals surface area contributed by atoms with E-state index >= 15 is 0 Å². The van der Waals surface area contributed by atoms with E-state index in [0.717, 1.165) is 43.6 Å². The second-order valence-electron chi connectivity index (χ2n) is 4.78. The molecule has 0 bridgehead atoms. The van der Waals surface area contributed by atoms with Gasteiger partial charge in [-0.05, 0) is 44.0 Å². The number of nitrogens with one attached hydrogen (secondary N) is 1. The number of rotatable bonds is 6. The van der Waals surface area contributed by atoms with Crippen LogP contribution in [0.1, 0.15) is 30.5 Å². The van der Waals surface area contributed by atoms with E-state index in [1.54, 1.807) is 0 Å². The van der Waals surface area contributed by atoms with E-state index in [0.29, 0.717) is 0 Å². The molecule has 2 nitrogen and oxygen atoms in total. The SMILES string of the molecule is C#CCCCCNCc1cc(C)nc2ccccc12. The minimum Gasteiger partial charge on any atom is -0.313 e. The minimum atomic E-state index is 0.874. The first-order valence-corrected chi connectivity index (χ1v) is 6.80. The maximum absolute atomic E-state index is 5.24. The van der Waals surface area contributed by atoms with Gasteiger partial charge in [0.05, 0.1) is 5.52 Å². The van der Waals surface area contributed by atoms with Crippen molar-refractivity contribution in [2.45, 2.75) is 32.7 Å². The van der Waals surface area contributed by atoms with Crippen LogP contribution in [-0.4, -0.2) is 11.5 Å². The van der Waals surface area contributed by atoms with Crippen molar-refractivity contribution in [1.29, 1.82) is 0 Å². The lowest BCUT2D eigenvalue weighted by Gasteiger charge is -2.09. The molecule has 0 radical (unpaired) electrons. The summed E-state index contributed by atoms with van der Waals surface area (Å²) in [6.07, 6.45) is 8.34. The first-order valence-electron chi connectivity index (χ1n) is 6.80. The Morgan fingerprint density at radius 1 is 1.26 bits per heavy atom. The number of hydrogen-bond donors (Lipinski definition) is 1. The number of aryl methyl sites for hydroxylation is 1. The fourth-order valence-electron chi connectivity index (χ4n) is 2.24. The van der Waals surface area contributed by atoms with Crippen molar-refractivity contribution >= 4 is 10.9 Å². The van der Waals surface area contributed by atoms with Crippen LogP contribution in [0.2, 0.25) is 0 Å². The number of fused-ring (bicyclic) bond motifs is 1. The Balaban J connectivity index is 1.98. The highest BCUT2D eigenvalue weighted by Gasteiger charge is 2.02. The zero-order valence-electron chi connectivity index (χ0n) is 11.4. The van der Waals surface area contributed by atoms with Crippen LogP contribution in [0.4, 0.5) is 0 Å². The summed E-state index contributed by atoms with van der Waals surface area (Å²) in [7, 11) is 0. The van der Waals surface area contributed by atoms with Gasteiger partial charge in [-0.3, -0.25) is 4.98 Å². The Morgan fingerprint density at radius 2 is 2.11 bits per heavy atom. The van der Waals surface area contributed by atoms with Crippen LogP contribution in [-0.2, 0) is 6.54 Å². The summed E-state index contributed by atoms with van der Waals surface area (Å²) in [5, 5.41) is 4.72. The molecular formula is C17H20N2. The third kappa shape index (κ3) is 3.81. The number of para-hydroxylation sites is 1. The van der Waals surface area contributed by atoms with E-state index in [9.17, 15) is 0 Å². The lowest BCUT2D eigenvalue weighted by molar-refractivity contribution is 0.631. The first kappa shape index (κ1) is 13.6. The van der Waals surface area contributed by atoms with Crippen molar-refractivity contribution in [3.05, 3.63) is 41.6 Å². The quantitative estimate of drug-likeness (QED) is 0.629. The molecule has 1 aromatic heterocycles. The number of aromatic nitrogens is 1. The fraction of sp³-hybridized carbons (Fsp3) is 0.353. The molecule has 0 aliphatic carbocycles. The number of nitrogens with zero attached hydrogens (tertiary/aromatic N) is 1. The van der Waals surface area contributed by atoms with Gasteiger partial charge in [-0.15, -0.1) is 12.3 Å². The van der Waals surface area contributed by atoms with E-state index in [4.69, 9.17) is 6.42 Å². The van der Waals surface area contributed by atoms with Crippen molar-refractivity contribution in [2.75, 3.05) is 6.54 Å². The third-order valence-corrected chi connectivity index (χ3v) is 3.17. The molecule has 0 spiro atoms. The molecule has 0 unspecified atom stereocenters. The van der Waals surface area contributed by atoms with Gasteiger partial charge in [0, 0.05) is 24.0 Å². The molecule has 98 valence electrons. The van der Waals surface area contributed by atoms with Gasteiger partial charge in [0.25, 0.3) is 0 Å². The predicted molar refractivity (Wildman–Crippen MR) is 80.9 cm³/mol. The molecule has 0 aliphatic rings. The van der Waals surface area contributed by atoms with Crippen LogP contribution in [0.5, 0.6) is 0 Å². The number of hydrogen-bond acceptors (Lipinski definition) is 2. The van der Waals surface area contributed by atoms with Gasteiger partial charge in [-0.25, -0.2) is 0 Å². The fourth-order valence-corrected chi connectivity index (χ4v) is 2.24. The summed E-state index contributed by atoms with van der Waals surface area (Å²) in [5.41, 5.74) is 3.47. The second kappa shape index (κ2) is 6.92. The average Bonchev–Trinajstić information content (AvgIpc) is 2.42. The van der Waals surface area contributed by atoms with Gasteiger partial charge >= 0.3 is 0 Å². The Bertz CT molecular complexity index is 581. The summed E-state index contributed by atoms with van der Waals surface area (Å²) in [4.78, 5) is 4.56. The maximum Gasteiger partial charge on any atom is 0.0708 e. The monoisotopic (exact) mass is 252 g/mol. The largest absolute Gasteiger partial charge is 0.313 e. The van der Waals surface area contributed by atoms with Crippen molar-refractivity contribution in [1.82, 2.24) is 10.3 Å². The summed E-state index contributed by atoms with van der Waals surface area (Å²) in [6.45, 7) is 3.94. The zero-order valence-corrected chi connectivity index (χ0v) is 11.4. The first-order chi connectivity index (χ1) is 9.31. The van der Waals surface area contributed by atoms with Crippen molar-refractivity contribution < 1.29 is 0 Å². The zero-order chi connectivity index (χ0) is 13.5. The summed E-state index contributed by atoms with van der Waals surface area (Å²) < 4.78 is 0. The minimum absolute atomic E-state index is 0.874. The molecule has 0 fully saturated rings. The van der Waals surface area contributed by atoms with Crippen LogP contribution >= 0.6 is 0 Å². The van der Waals surface area contributed by atoms with Crippen LogP contribution in [0.3, 0.4) is 0 Å². The van der Waals surface area contributed by atoms with E-state index in [1.807, 2.05) is 13.0 Å². The van der Waals surface area contributed by atoms with Gasteiger partial charge in [0.1, 0.15) is 0 Å². The highest BCUT2D eigenvalue weighted by atomic mass is 14.8. The molecule has 19 heavy (non-hydrogen) atoms. The third-order valence-electron chi connectivity index (χ3n) is 3.17. The number of unbranched alkanes of at least 4 members (excludes halogenated alkanes) is 2. The summed E-state index contributed by atoms with van der Waals surface area (Å²) >= 11 is 0. The van der Waals surface area contributed by atoms with Crippen LogP contribution in [0.25, 0.3) is 10.9 Å². The molecule has 1 N–H and O–H groups in total. The van der Waals surface area contributed by atoms with Crippen LogP contribution in [0.15, 0.2) is 30.3 Å². The highest BCUT2D eigenvalue weighted by Crippen LogP contribution is 2.17. The Morgan fingerprint density at radius 3 is 2.95 bits per heavy atom. The van der Waals surface area contributed by atoms with Gasteiger partial charge in [0.2, 0.25) is 0 Å². The molecule has 1 heterocycles. The number of terminal acetylenes is 1. The standard InChI is InChI=1S/C17H20N2/c1-3-4-5-8-11-18-13-15-12-14(2)19-17-10-7-6-9-16(15)17/h1,6-7,9-10,12,18H,4-5,8,11,13H2,2H3. The predicted octanol–water partition coefficient (Wildman–Crippen LogP) is 3.44. The lowest BCUT2D eigenvalue weighted by Crippen LogP contribution is -2.15. The highest BCUT2D eigenvalue weighted by molar-refractivity contribution is 5.82. The normalized spacial score (nSPS) is 10.5. The molecule has 2 aromatic rings. The van der Waals surface area contributed by atoms with Gasteiger partial charge in [-0.1, -0.05) is 18.2 Å². The lowest BCUT2D eigenvalue weighted by atomic mass is 10.1. The number of pyridine rings is 1. The summed E-state index contributed by atoms with van der Waals surface area (Å²) in [6, 6.07) is 10.5.